The van der Waals surface area contributed by atoms with Crippen molar-refractivity contribution in [3.63, 3.8) is 0 Å². The first-order valence-corrected chi connectivity index (χ1v) is 7.62. The molecule has 1 N–H and O–H groups in total. The van der Waals surface area contributed by atoms with Crippen molar-refractivity contribution in [3.05, 3.63) is 48.0 Å². The lowest BCUT2D eigenvalue weighted by Gasteiger charge is -2.31. The van der Waals surface area contributed by atoms with E-state index < -0.39 is 0 Å². The Hall–Kier alpha value is -2.54. The number of hydrogen-bond acceptors (Lipinski definition) is 5. The zero-order valence-corrected chi connectivity index (χ0v) is 13.0. The summed E-state index contributed by atoms with van der Waals surface area (Å²) < 4.78 is 1.99. The molecule has 1 atom stereocenters. The molecule has 2 heterocycles. The summed E-state index contributed by atoms with van der Waals surface area (Å²) >= 11 is 0. The highest BCUT2D eigenvalue weighted by Gasteiger charge is 2.26. The molecule has 0 unspecified atom stereocenters. The number of nitrogens with one attached hydrogen (secondary N) is 1. The number of hydrogen-bond donors (Lipinski definition) is 1. The van der Waals surface area contributed by atoms with Crippen molar-refractivity contribution in [3.8, 4) is 0 Å². The lowest BCUT2D eigenvalue weighted by atomic mass is 10.1. The zero-order valence-electron chi connectivity index (χ0n) is 13.0. The molecule has 7 nitrogen and oxygen atoms in total. The van der Waals surface area contributed by atoms with Gasteiger partial charge in [-0.1, -0.05) is 30.3 Å². The van der Waals surface area contributed by atoms with Gasteiger partial charge in [0.25, 0.3) is 0 Å². The molecule has 0 saturated heterocycles. The maximum absolute atomic E-state index is 12.3. The van der Waals surface area contributed by atoms with E-state index in [1.54, 1.807) is 18.5 Å². The Balaban J connectivity index is 1.53. The monoisotopic (exact) mass is 313 g/mol. The molecule has 0 aliphatic carbocycles. The Morgan fingerprint density at radius 3 is 2.83 bits per heavy atom. The summed E-state index contributed by atoms with van der Waals surface area (Å²) in [4.78, 5) is 26.3. The van der Waals surface area contributed by atoms with Crippen LogP contribution in [0.1, 0.15) is 23.1 Å². The van der Waals surface area contributed by atoms with Gasteiger partial charge < -0.3 is 9.88 Å². The Bertz CT molecular complexity index is 698. The molecule has 0 spiro atoms. The van der Waals surface area contributed by atoms with E-state index in [0.717, 1.165) is 18.9 Å². The lowest BCUT2D eigenvalue weighted by molar-refractivity contribution is -0.126. The molecule has 0 bridgehead atoms. The van der Waals surface area contributed by atoms with Crippen LogP contribution in [0, 0.1) is 0 Å². The molecule has 0 saturated carbocycles. The minimum atomic E-state index is -0.316. The smallest absolute Gasteiger partial charge is 0.237 e. The first kappa shape index (κ1) is 15.4. The fourth-order valence-electron chi connectivity index (χ4n) is 2.62. The van der Waals surface area contributed by atoms with Crippen LogP contribution in [0.25, 0.3) is 0 Å². The number of aromatic nitrogens is 3. The van der Waals surface area contributed by atoms with Crippen LogP contribution in [-0.2, 0) is 17.9 Å². The van der Waals surface area contributed by atoms with Crippen molar-refractivity contribution in [1.82, 2.24) is 25.0 Å². The Morgan fingerprint density at radius 2 is 2.04 bits per heavy atom. The van der Waals surface area contributed by atoms with Gasteiger partial charge in [0.05, 0.1) is 19.1 Å². The van der Waals surface area contributed by atoms with Gasteiger partial charge in [-0.15, -0.1) is 10.2 Å². The van der Waals surface area contributed by atoms with Crippen molar-refractivity contribution in [2.45, 2.75) is 26.1 Å². The van der Waals surface area contributed by atoms with E-state index in [-0.39, 0.29) is 24.3 Å². The van der Waals surface area contributed by atoms with Crippen LogP contribution < -0.4 is 5.32 Å². The largest absolute Gasteiger partial charge is 0.347 e. The number of ketones is 1. The van der Waals surface area contributed by atoms with Crippen LogP contribution in [0.15, 0.2) is 36.7 Å². The fraction of sp³-hybridized carbons (Fsp3) is 0.375. The van der Waals surface area contributed by atoms with Crippen molar-refractivity contribution in [2.75, 3.05) is 13.1 Å². The van der Waals surface area contributed by atoms with Crippen LogP contribution in [0.5, 0.6) is 0 Å². The third-order valence-corrected chi connectivity index (χ3v) is 4.11. The number of benzene rings is 1. The SMILES string of the molecule is C[C@H](C(=O)NCC(=O)c1ccccc1)N1CCn2cnnc2C1. The fourth-order valence-corrected chi connectivity index (χ4v) is 2.62. The van der Waals surface area contributed by atoms with Crippen molar-refractivity contribution in [1.29, 1.82) is 0 Å². The quantitative estimate of drug-likeness (QED) is 0.812. The van der Waals surface area contributed by atoms with E-state index in [2.05, 4.69) is 15.5 Å². The number of carbonyl (C=O) groups is 2. The van der Waals surface area contributed by atoms with Gasteiger partial charge in [0, 0.05) is 18.7 Å². The highest BCUT2D eigenvalue weighted by atomic mass is 16.2. The van der Waals surface area contributed by atoms with E-state index in [1.165, 1.54) is 0 Å². The molecule has 3 rings (SSSR count). The van der Waals surface area contributed by atoms with E-state index in [0.29, 0.717) is 12.1 Å². The molecule has 0 fully saturated rings. The molecule has 1 aliphatic rings. The van der Waals surface area contributed by atoms with Gasteiger partial charge in [-0.25, -0.2) is 0 Å². The molecule has 23 heavy (non-hydrogen) atoms. The summed E-state index contributed by atoms with van der Waals surface area (Å²) in [6.45, 7) is 3.96. The summed E-state index contributed by atoms with van der Waals surface area (Å²) in [6.07, 6.45) is 1.70. The van der Waals surface area contributed by atoms with Gasteiger partial charge in [0.15, 0.2) is 5.78 Å². The summed E-state index contributed by atoms with van der Waals surface area (Å²) in [7, 11) is 0. The summed E-state index contributed by atoms with van der Waals surface area (Å²) in [5, 5.41) is 10.6. The summed E-state index contributed by atoms with van der Waals surface area (Å²) in [5.74, 6) is 0.614. The maximum Gasteiger partial charge on any atom is 0.237 e. The molecule has 7 heteroatoms. The van der Waals surface area contributed by atoms with Gasteiger partial charge in [-0.2, -0.15) is 0 Å². The number of rotatable bonds is 5. The molecule has 2 aromatic rings. The van der Waals surface area contributed by atoms with Gasteiger partial charge in [-0.05, 0) is 6.92 Å². The molecule has 1 amide bonds. The van der Waals surface area contributed by atoms with Gasteiger partial charge in [-0.3, -0.25) is 14.5 Å². The molecular formula is C16H19N5O2. The zero-order chi connectivity index (χ0) is 16.2. The number of amides is 1. The minimum absolute atomic E-state index is 0.0111. The second kappa shape index (κ2) is 6.70. The minimum Gasteiger partial charge on any atom is -0.347 e. The van der Waals surface area contributed by atoms with Crippen molar-refractivity contribution in [2.24, 2.45) is 0 Å². The van der Waals surface area contributed by atoms with Gasteiger partial charge >= 0.3 is 0 Å². The average molecular weight is 313 g/mol. The van der Waals surface area contributed by atoms with E-state index in [1.807, 2.05) is 34.6 Å². The van der Waals surface area contributed by atoms with E-state index in [4.69, 9.17) is 0 Å². The molecule has 0 radical (unpaired) electrons. The van der Waals surface area contributed by atoms with E-state index >= 15 is 0 Å². The molecule has 1 aliphatic heterocycles. The van der Waals surface area contributed by atoms with Crippen molar-refractivity contribution >= 4 is 11.7 Å². The normalized spacial score (nSPS) is 15.7. The Morgan fingerprint density at radius 1 is 1.26 bits per heavy atom. The third-order valence-electron chi connectivity index (χ3n) is 4.11. The summed E-state index contributed by atoms with van der Waals surface area (Å²) in [6, 6.07) is 8.64. The number of carbonyl (C=O) groups excluding carboxylic acids is 2. The predicted molar refractivity (Wildman–Crippen MR) is 83.7 cm³/mol. The Kier molecular flexibility index (Phi) is 4.47. The van der Waals surface area contributed by atoms with Crippen LogP contribution in [-0.4, -0.2) is 50.5 Å². The van der Waals surface area contributed by atoms with Crippen LogP contribution in [0.3, 0.4) is 0 Å². The lowest BCUT2D eigenvalue weighted by Crippen LogP contribution is -2.48. The third kappa shape index (κ3) is 3.45. The molecule has 1 aromatic heterocycles. The highest BCUT2D eigenvalue weighted by molar-refractivity contribution is 5.99. The molecule has 120 valence electrons. The van der Waals surface area contributed by atoms with Crippen LogP contribution >= 0.6 is 0 Å². The summed E-state index contributed by atoms with van der Waals surface area (Å²) in [5.41, 5.74) is 0.603. The standard InChI is InChI=1S/C16H19N5O2/c1-12(20-7-8-21-11-18-19-15(21)10-20)16(23)17-9-14(22)13-5-3-2-4-6-13/h2-6,11-12H,7-10H2,1H3,(H,17,23)/t12-/m1/s1. The first-order chi connectivity index (χ1) is 11.1. The van der Waals surface area contributed by atoms with Crippen molar-refractivity contribution < 1.29 is 9.59 Å². The molecule has 1 aromatic carbocycles. The number of nitrogens with zero attached hydrogens (tertiary/aromatic N) is 4. The van der Waals surface area contributed by atoms with Gasteiger partial charge in [0.1, 0.15) is 12.2 Å². The topological polar surface area (TPSA) is 80.1 Å². The van der Waals surface area contributed by atoms with Crippen LogP contribution in [0.4, 0.5) is 0 Å². The first-order valence-electron chi connectivity index (χ1n) is 7.62. The number of Topliss-reactive ketones (excluding diaryl/α,β-unsaturated/α-hetero) is 1. The highest BCUT2D eigenvalue weighted by Crippen LogP contribution is 2.12. The van der Waals surface area contributed by atoms with Gasteiger partial charge in [0.2, 0.25) is 5.91 Å². The molecular weight excluding hydrogens is 294 g/mol. The average Bonchev–Trinajstić information content (AvgIpc) is 3.07. The predicted octanol–water partition coefficient (Wildman–Crippen LogP) is 0.481. The van der Waals surface area contributed by atoms with E-state index in [9.17, 15) is 9.59 Å². The van der Waals surface area contributed by atoms with Crippen LogP contribution in [0.2, 0.25) is 0 Å². The second-order valence-corrected chi connectivity index (χ2v) is 5.59. The Labute approximate surface area is 134 Å². The second-order valence-electron chi connectivity index (χ2n) is 5.59. The maximum atomic E-state index is 12.3. The number of fused-ring (bicyclic) bond motifs is 1.